The SMILES string of the molecule is C=C(C)N(C)c1cnccc1CC. The summed E-state index contributed by atoms with van der Waals surface area (Å²) in [6.45, 7) is 8.04. The highest BCUT2D eigenvalue weighted by Gasteiger charge is 2.05. The third-order valence-corrected chi connectivity index (χ3v) is 2.20. The lowest BCUT2D eigenvalue weighted by Crippen LogP contribution is -2.15. The Kier molecular flexibility index (Phi) is 3.07. The first-order valence-corrected chi connectivity index (χ1v) is 4.49. The monoisotopic (exact) mass is 176 g/mol. The lowest BCUT2D eigenvalue weighted by molar-refractivity contribution is 1.03. The van der Waals surface area contributed by atoms with Gasteiger partial charge in [-0.05, 0) is 25.0 Å². The predicted octanol–water partition coefficient (Wildman–Crippen LogP) is 2.61. The second-order valence-electron chi connectivity index (χ2n) is 3.15. The number of hydrogen-bond acceptors (Lipinski definition) is 2. The predicted molar refractivity (Wildman–Crippen MR) is 56.8 cm³/mol. The van der Waals surface area contributed by atoms with Crippen LogP contribution in [-0.2, 0) is 6.42 Å². The van der Waals surface area contributed by atoms with E-state index in [0.717, 1.165) is 17.8 Å². The fraction of sp³-hybridized carbons (Fsp3) is 0.364. The molecule has 0 aliphatic carbocycles. The maximum Gasteiger partial charge on any atom is 0.0624 e. The van der Waals surface area contributed by atoms with E-state index < -0.39 is 0 Å². The van der Waals surface area contributed by atoms with Gasteiger partial charge in [-0.1, -0.05) is 13.5 Å². The van der Waals surface area contributed by atoms with Gasteiger partial charge in [0, 0.05) is 18.9 Å². The quantitative estimate of drug-likeness (QED) is 0.703. The molecule has 0 saturated heterocycles. The van der Waals surface area contributed by atoms with Crippen molar-refractivity contribution in [3.05, 3.63) is 36.3 Å². The van der Waals surface area contributed by atoms with E-state index in [1.54, 1.807) is 0 Å². The smallest absolute Gasteiger partial charge is 0.0624 e. The highest BCUT2D eigenvalue weighted by molar-refractivity contribution is 5.54. The summed E-state index contributed by atoms with van der Waals surface area (Å²) in [5, 5.41) is 0. The molecule has 70 valence electrons. The highest BCUT2D eigenvalue weighted by atomic mass is 15.1. The van der Waals surface area contributed by atoms with Gasteiger partial charge < -0.3 is 4.90 Å². The minimum Gasteiger partial charge on any atom is -0.348 e. The van der Waals surface area contributed by atoms with Gasteiger partial charge in [0.1, 0.15) is 0 Å². The molecule has 0 amide bonds. The molecule has 1 aromatic heterocycles. The Morgan fingerprint density at radius 2 is 2.31 bits per heavy atom. The van der Waals surface area contributed by atoms with Gasteiger partial charge in [0.25, 0.3) is 0 Å². The lowest BCUT2D eigenvalue weighted by atomic mass is 10.1. The molecule has 0 bridgehead atoms. The molecule has 13 heavy (non-hydrogen) atoms. The zero-order valence-corrected chi connectivity index (χ0v) is 8.54. The maximum absolute atomic E-state index is 4.11. The Balaban J connectivity index is 3.05. The molecule has 0 spiro atoms. The van der Waals surface area contributed by atoms with E-state index in [2.05, 4.69) is 29.5 Å². The van der Waals surface area contributed by atoms with Crippen LogP contribution in [0, 0.1) is 0 Å². The van der Waals surface area contributed by atoms with Crippen LogP contribution >= 0.6 is 0 Å². The van der Waals surface area contributed by atoms with Crippen molar-refractivity contribution in [3.8, 4) is 0 Å². The third-order valence-electron chi connectivity index (χ3n) is 2.20. The van der Waals surface area contributed by atoms with Crippen LogP contribution in [0.4, 0.5) is 5.69 Å². The highest BCUT2D eigenvalue weighted by Crippen LogP contribution is 2.20. The summed E-state index contributed by atoms with van der Waals surface area (Å²) >= 11 is 0. The Labute approximate surface area is 79.9 Å². The average molecular weight is 176 g/mol. The number of aryl methyl sites for hydroxylation is 1. The second kappa shape index (κ2) is 4.08. The maximum atomic E-state index is 4.11. The van der Waals surface area contributed by atoms with Crippen molar-refractivity contribution in [3.63, 3.8) is 0 Å². The third kappa shape index (κ3) is 2.08. The topological polar surface area (TPSA) is 16.1 Å². The van der Waals surface area contributed by atoms with E-state index in [4.69, 9.17) is 0 Å². The van der Waals surface area contributed by atoms with Gasteiger partial charge in [0.15, 0.2) is 0 Å². The first kappa shape index (κ1) is 9.78. The number of aromatic nitrogens is 1. The summed E-state index contributed by atoms with van der Waals surface area (Å²) < 4.78 is 0. The molecule has 2 nitrogen and oxygen atoms in total. The Bertz CT molecular complexity index is 305. The van der Waals surface area contributed by atoms with Gasteiger partial charge in [0.05, 0.1) is 11.9 Å². The van der Waals surface area contributed by atoms with Gasteiger partial charge in [-0.15, -0.1) is 0 Å². The molecular weight excluding hydrogens is 160 g/mol. The molecule has 1 rings (SSSR count). The first-order chi connectivity index (χ1) is 6.16. The van der Waals surface area contributed by atoms with Crippen LogP contribution in [0.25, 0.3) is 0 Å². The summed E-state index contributed by atoms with van der Waals surface area (Å²) in [7, 11) is 2.01. The zero-order chi connectivity index (χ0) is 9.84. The number of pyridine rings is 1. The molecule has 0 aliphatic rings. The standard InChI is InChI=1S/C11H16N2/c1-5-10-6-7-12-8-11(10)13(4)9(2)3/h6-8H,2,5H2,1,3-4H3. The van der Waals surface area contributed by atoms with Gasteiger partial charge in [-0.3, -0.25) is 4.98 Å². The summed E-state index contributed by atoms with van der Waals surface area (Å²) in [6, 6.07) is 2.05. The number of hydrogen-bond donors (Lipinski definition) is 0. The van der Waals surface area contributed by atoms with Crippen LogP contribution < -0.4 is 4.90 Å². The number of anilines is 1. The van der Waals surface area contributed by atoms with Crippen molar-refractivity contribution in [2.24, 2.45) is 0 Å². The fourth-order valence-corrected chi connectivity index (χ4v) is 1.22. The molecule has 1 heterocycles. The van der Waals surface area contributed by atoms with Gasteiger partial charge >= 0.3 is 0 Å². The molecule has 1 aromatic rings. The molecule has 0 aromatic carbocycles. The van der Waals surface area contributed by atoms with Crippen molar-refractivity contribution < 1.29 is 0 Å². The van der Waals surface area contributed by atoms with E-state index >= 15 is 0 Å². The zero-order valence-electron chi connectivity index (χ0n) is 8.54. The summed E-state index contributed by atoms with van der Waals surface area (Å²) in [5.74, 6) is 0. The van der Waals surface area contributed by atoms with Crippen LogP contribution in [0.2, 0.25) is 0 Å². The number of rotatable bonds is 3. The van der Waals surface area contributed by atoms with E-state index in [1.807, 2.05) is 26.4 Å². The Morgan fingerprint density at radius 3 is 2.85 bits per heavy atom. The molecule has 0 aliphatic heterocycles. The van der Waals surface area contributed by atoms with Crippen LogP contribution in [0.5, 0.6) is 0 Å². The molecule has 0 N–H and O–H groups in total. The Morgan fingerprint density at radius 1 is 1.62 bits per heavy atom. The number of nitrogens with zero attached hydrogens (tertiary/aromatic N) is 2. The van der Waals surface area contributed by atoms with Crippen molar-refractivity contribution >= 4 is 5.69 Å². The van der Waals surface area contributed by atoms with E-state index in [1.165, 1.54) is 5.56 Å². The lowest BCUT2D eigenvalue weighted by Gasteiger charge is -2.21. The van der Waals surface area contributed by atoms with Crippen molar-refractivity contribution in [1.29, 1.82) is 0 Å². The molecule has 0 radical (unpaired) electrons. The first-order valence-electron chi connectivity index (χ1n) is 4.49. The molecule has 0 unspecified atom stereocenters. The molecular formula is C11H16N2. The summed E-state index contributed by atoms with van der Waals surface area (Å²) in [6.07, 6.45) is 4.73. The minimum absolute atomic E-state index is 1.02. The van der Waals surface area contributed by atoms with Crippen LogP contribution in [0.1, 0.15) is 19.4 Å². The van der Waals surface area contributed by atoms with Gasteiger partial charge in [-0.2, -0.15) is 0 Å². The van der Waals surface area contributed by atoms with Gasteiger partial charge in [0.2, 0.25) is 0 Å². The molecule has 2 heteroatoms. The normalized spacial score (nSPS) is 9.77. The fourth-order valence-electron chi connectivity index (χ4n) is 1.22. The summed E-state index contributed by atoms with van der Waals surface area (Å²) in [4.78, 5) is 6.18. The van der Waals surface area contributed by atoms with E-state index in [9.17, 15) is 0 Å². The van der Waals surface area contributed by atoms with E-state index in [0.29, 0.717) is 0 Å². The van der Waals surface area contributed by atoms with Crippen molar-refractivity contribution in [2.75, 3.05) is 11.9 Å². The molecule has 0 atom stereocenters. The van der Waals surface area contributed by atoms with Crippen LogP contribution in [0.15, 0.2) is 30.7 Å². The second-order valence-corrected chi connectivity index (χ2v) is 3.15. The largest absolute Gasteiger partial charge is 0.348 e. The van der Waals surface area contributed by atoms with Gasteiger partial charge in [-0.25, -0.2) is 0 Å². The molecule has 0 fully saturated rings. The van der Waals surface area contributed by atoms with E-state index in [-0.39, 0.29) is 0 Å². The van der Waals surface area contributed by atoms with Crippen molar-refractivity contribution in [2.45, 2.75) is 20.3 Å². The Hall–Kier alpha value is -1.31. The number of allylic oxidation sites excluding steroid dienone is 1. The minimum atomic E-state index is 1.02. The van der Waals surface area contributed by atoms with Crippen molar-refractivity contribution in [1.82, 2.24) is 4.98 Å². The average Bonchev–Trinajstić information content (AvgIpc) is 2.16. The summed E-state index contributed by atoms with van der Waals surface area (Å²) in [5.41, 5.74) is 3.49. The molecule has 0 saturated carbocycles. The van der Waals surface area contributed by atoms with Crippen LogP contribution in [-0.4, -0.2) is 12.0 Å². The van der Waals surface area contributed by atoms with Crippen LogP contribution in [0.3, 0.4) is 0 Å².